The van der Waals surface area contributed by atoms with Gasteiger partial charge in [0.2, 0.25) is 0 Å². The third-order valence-electron chi connectivity index (χ3n) is 4.68. The lowest BCUT2D eigenvalue weighted by molar-refractivity contribution is 0.112. The number of hydrogen-bond acceptors (Lipinski definition) is 2. The van der Waals surface area contributed by atoms with Gasteiger partial charge in [0.15, 0.2) is 0 Å². The van der Waals surface area contributed by atoms with Crippen LogP contribution in [-0.4, -0.2) is 30.3 Å². The fourth-order valence-electron chi connectivity index (χ4n) is 3.73. The third kappa shape index (κ3) is 4.77. The quantitative estimate of drug-likeness (QED) is 0.623. The van der Waals surface area contributed by atoms with Gasteiger partial charge in [0.1, 0.15) is 0 Å². The lowest BCUT2D eigenvalue weighted by Crippen LogP contribution is -2.43. The Morgan fingerprint density at radius 3 is 2.06 bits per heavy atom. The molecule has 18 heavy (non-hydrogen) atoms. The van der Waals surface area contributed by atoms with E-state index in [4.69, 9.17) is 0 Å². The third-order valence-corrected chi connectivity index (χ3v) is 5.35. The van der Waals surface area contributed by atoms with Gasteiger partial charge in [-0.2, -0.15) is 12.6 Å². The first-order valence-electron chi connectivity index (χ1n) is 7.98. The molecule has 0 bridgehead atoms. The smallest absolute Gasteiger partial charge is 0.00924 e. The first-order chi connectivity index (χ1) is 8.67. The molecule has 1 rings (SSSR count). The maximum atomic E-state index is 4.68. The van der Waals surface area contributed by atoms with E-state index in [9.17, 15) is 0 Å². The SMILES string of the molecule is CCCC(CS)(CCC)CN(C)C1CCCCC1. The highest BCUT2D eigenvalue weighted by molar-refractivity contribution is 7.80. The van der Waals surface area contributed by atoms with Gasteiger partial charge in [-0.05, 0) is 43.9 Å². The molecular weight excluding hydrogens is 238 g/mol. The van der Waals surface area contributed by atoms with Crippen molar-refractivity contribution in [3.63, 3.8) is 0 Å². The van der Waals surface area contributed by atoms with Crippen LogP contribution in [0, 0.1) is 5.41 Å². The van der Waals surface area contributed by atoms with Crippen molar-refractivity contribution in [2.45, 2.75) is 77.7 Å². The highest BCUT2D eigenvalue weighted by atomic mass is 32.1. The van der Waals surface area contributed by atoms with Gasteiger partial charge in [-0.1, -0.05) is 46.0 Å². The lowest BCUT2D eigenvalue weighted by Gasteiger charge is -2.40. The summed E-state index contributed by atoms with van der Waals surface area (Å²) in [6, 6.07) is 0.840. The number of hydrogen-bond donors (Lipinski definition) is 1. The minimum Gasteiger partial charge on any atom is -0.303 e. The van der Waals surface area contributed by atoms with Crippen molar-refractivity contribution in [2.24, 2.45) is 5.41 Å². The van der Waals surface area contributed by atoms with Crippen LogP contribution in [0.5, 0.6) is 0 Å². The average molecular weight is 272 g/mol. The van der Waals surface area contributed by atoms with E-state index in [-0.39, 0.29) is 0 Å². The van der Waals surface area contributed by atoms with Crippen molar-refractivity contribution < 1.29 is 0 Å². The van der Waals surface area contributed by atoms with Crippen LogP contribution in [0.2, 0.25) is 0 Å². The van der Waals surface area contributed by atoms with Crippen LogP contribution in [0.4, 0.5) is 0 Å². The Morgan fingerprint density at radius 1 is 1.06 bits per heavy atom. The monoisotopic (exact) mass is 271 g/mol. The van der Waals surface area contributed by atoms with E-state index in [0.29, 0.717) is 5.41 Å². The Balaban J connectivity index is 2.56. The topological polar surface area (TPSA) is 3.24 Å². The Hall–Kier alpha value is 0.310. The van der Waals surface area contributed by atoms with Crippen molar-refractivity contribution >= 4 is 12.6 Å². The largest absolute Gasteiger partial charge is 0.303 e. The van der Waals surface area contributed by atoms with Crippen molar-refractivity contribution in [1.29, 1.82) is 0 Å². The fourth-order valence-corrected chi connectivity index (χ4v) is 4.15. The summed E-state index contributed by atoms with van der Waals surface area (Å²) < 4.78 is 0. The predicted molar refractivity (Wildman–Crippen MR) is 85.6 cm³/mol. The zero-order chi connectivity index (χ0) is 13.4. The van der Waals surface area contributed by atoms with Crippen LogP contribution in [-0.2, 0) is 0 Å². The van der Waals surface area contributed by atoms with E-state index < -0.39 is 0 Å². The molecule has 1 aliphatic carbocycles. The van der Waals surface area contributed by atoms with Gasteiger partial charge in [-0.15, -0.1) is 0 Å². The molecular formula is C16H33NS. The van der Waals surface area contributed by atoms with Crippen LogP contribution < -0.4 is 0 Å². The summed E-state index contributed by atoms with van der Waals surface area (Å²) in [4.78, 5) is 2.65. The molecule has 0 aromatic heterocycles. The fraction of sp³-hybridized carbons (Fsp3) is 1.00. The van der Waals surface area contributed by atoms with Gasteiger partial charge in [0, 0.05) is 12.6 Å². The molecule has 0 heterocycles. The van der Waals surface area contributed by atoms with Crippen LogP contribution in [0.3, 0.4) is 0 Å². The molecule has 0 amide bonds. The molecule has 2 heteroatoms. The van der Waals surface area contributed by atoms with Gasteiger partial charge >= 0.3 is 0 Å². The molecule has 1 fully saturated rings. The predicted octanol–water partition coefficient (Wildman–Crippen LogP) is 4.77. The second-order valence-electron chi connectivity index (χ2n) is 6.37. The average Bonchev–Trinajstić information content (AvgIpc) is 2.40. The van der Waals surface area contributed by atoms with Crippen LogP contribution in [0.1, 0.15) is 71.6 Å². The Labute approximate surface area is 120 Å². The van der Waals surface area contributed by atoms with Crippen molar-refractivity contribution in [1.82, 2.24) is 4.90 Å². The van der Waals surface area contributed by atoms with Gasteiger partial charge in [0.05, 0.1) is 0 Å². The van der Waals surface area contributed by atoms with Crippen molar-refractivity contribution in [3.8, 4) is 0 Å². The lowest BCUT2D eigenvalue weighted by atomic mass is 9.79. The molecule has 0 spiro atoms. The molecule has 0 saturated heterocycles. The van der Waals surface area contributed by atoms with Crippen molar-refractivity contribution in [3.05, 3.63) is 0 Å². The van der Waals surface area contributed by atoms with E-state index >= 15 is 0 Å². The maximum Gasteiger partial charge on any atom is 0.00924 e. The Morgan fingerprint density at radius 2 is 1.61 bits per heavy atom. The molecule has 0 aromatic carbocycles. The van der Waals surface area contributed by atoms with E-state index in [0.717, 1.165) is 11.8 Å². The molecule has 1 aliphatic rings. The minimum atomic E-state index is 0.457. The molecule has 0 aliphatic heterocycles. The van der Waals surface area contributed by atoms with Crippen molar-refractivity contribution in [2.75, 3.05) is 19.3 Å². The molecule has 108 valence electrons. The van der Waals surface area contributed by atoms with Crippen LogP contribution in [0.25, 0.3) is 0 Å². The van der Waals surface area contributed by atoms with Gasteiger partial charge < -0.3 is 4.90 Å². The van der Waals surface area contributed by atoms with Crippen LogP contribution >= 0.6 is 12.6 Å². The second kappa shape index (κ2) is 8.47. The summed E-state index contributed by atoms with van der Waals surface area (Å²) in [6.07, 6.45) is 12.4. The molecule has 0 unspecified atom stereocenters. The number of thiol groups is 1. The standard InChI is InChI=1S/C16H33NS/c1-4-11-16(14-18,12-5-2)13-17(3)15-9-7-6-8-10-15/h15,18H,4-14H2,1-3H3. The molecule has 0 atom stereocenters. The first kappa shape index (κ1) is 16.4. The summed E-state index contributed by atoms with van der Waals surface area (Å²) in [6.45, 7) is 5.88. The summed E-state index contributed by atoms with van der Waals surface area (Å²) in [5, 5.41) is 0. The van der Waals surface area contributed by atoms with E-state index in [1.54, 1.807) is 0 Å². The molecule has 0 aromatic rings. The van der Waals surface area contributed by atoms with Gasteiger partial charge in [-0.3, -0.25) is 0 Å². The summed E-state index contributed by atoms with van der Waals surface area (Å²) in [5.74, 6) is 1.05. The molecule has 0 radical (unpaired) electrons. The summed E-state index contributed by atoms with van der Waals surface area (Å²) >= 11 is 4.68. The van der Waals surface area contributed by atoms with E-state index in [1.165, 1.54) is 64.3 Å². The summed E-state index contributed by atoms with van der Waals surface area (Å²) in [7, 11) is 2.35. The first-order valence-corrected chi connectivity index (χ1v) is 8.62. The van der Waals surface area contributed by atoms with E-state index in [1.807, 2.05) is 0 Å². The number of rotatable bonds is 8. The summed E-state index contributed by atoms with van der Waals surface area (Å²) in [5.41, 5.74) is 0.457. The molecule has 1 nitrogen and oxygen atoms in total. The zero-order valence-corrected chi connectivity index (χ0v) is 13.6. The zero-order valence-electron chi connectivity index (χ0n) is 12.7. The highest BCUT2D eigenvalue weighted by Gasteiger charge is 2.30. The Kier molecular flexibility index (Phi) is 7.70. The van der Waals surface area contributed by atoms with Gasteiger partial charge in [-0.25, -0.2) is 0 Å². The number of nitrogens with zero attached hydrogens (tertiary/aromatic N) is 1. The van der Waals surface area contributed by atoms with E-state index in [2.05, 4.69) is 38.4 Å². The second-order valence-corrected chi connectivity index (χ2v) is 6.68. The molecule has 0 N–H and O–H groups in total. The van der Waals surface area contributed by atoms with Crippen LogP contribution in [0.15, 0.2) is 0 Å². The highest BCUT2D eigenvalue weighted by Crippen LogP contribution is 2.34. The minimum absolute atomic E-state index is 0.457. The Bertz CT molecular complexity index is 205. The van der Waals surface area contributed by atoms with Gasteiger partial charge in [0.25, 0.3) is 0 Å². The maximum absolute atomic E-state index is 4.68. The molecule has 1 saturated carbocycles. The normalized spacial score (nSPS) is 18.5.